The summed E-state index contributed by atoms with van der Waals surface area (Å²) in [5.74, 6) is 0. The molecule has 26 heavy (non-hydrogen) atoms. The fourth-order valence-electron chi connectivity index (χ4n) is 4.14. The maximum absolute atomic E-state index is 12.8. The molecule has 0 amide bonds. The van der Waals surface area contributed by atoms with Crippen molar-refractivity contribution in [3.05, 3.63) is 39.8 Å². The number of rotatable bonds is 5. The van der Waals surface area contributed by atoms with E-state index in [0.717, 1.165) is 29.2 Å². The molecule has 4 nitrogen and oxygen atoms in total. The van der Waals surface area contributed by atoms with Crippen LogP contribution < -0.4 is 0 Å². The van der Waals surface area contributed by atoms with Gasteiger partial charge in [0.15, 0.2) is 0 Å². The van der Waals surface area contributed by atoms with Crippen LogP contribution in [0.2, 0.25) is 0 Å². The van der Waals surface area contributed by atoms with Crippen molar-refractivity contribution in [1.29, 1.82) is 0 Å². The maximum Gasteiger partial charge on any atom is 0.243 e. The lowest BCUT2D eigenvalue weighted by atomic mass is 9.94. The number of hydrogen-bond donors (Lipinski definition) is 0. The van der Waals surface area contributed by atoms with Gasteiger partial charge in [0.1, 0.15) is 0 Å². The molecule has 0 radical (unpaired) electrons. The highest BCUT2D eigenvalue weighted by atomic mass is 79.9. The molecule has 1 aromatic rings. The molecule has 2 heterocycles. The van der Waals surface area contributed by atoms with E-state index in [1.807, 2.05) is 6.07 Å². The van der Waals surface area contributed by atoms with Gasteiger partial charge in [0.25, 0.3) is 0 Å². The fourth-order valence-corrected chi connectivity index (χ4v) is 6.00. The predicted octanol–water partition coefficient (Wildman–Crippen LogP) is 4.72. The Balaban J connectivity index is 1.63. The molecule has 0 spiro atoms. The van der Waals surface area contributed by atoms with Crippen LogP contribution in [0.5, 0.6) is 0 Å². The van der Waals surface area contributed by atoms with Crippen molar-refractivity contribution < 1.29 is 8.42 Å². The third kappa shape index (κ3) is 4.98. The van der Waals surface area contributed by atoms with Gasteiger partial charge < -0.3 is 0 Å². The van der Waals surface area contributed by atoms with Crippen LogP contribution >= 0.6 is 31.9 Å². The molecule has 1 aromatic carbocycles. The molecule has 144 valence electrons. The largest absolute Gasteiger partial charge is 0.297 e. The van der Waals surface area contributed by atoms with Gasteiger partial charge in [-0.2, -0.15) is 4.31 Å². The normalized spacial score (nSPS) is 23.7. The predicted molar refractivity (Wildman–Crippen MR) is 113 cm³/mol. The minimum absolute atomic E-state index is 0.404. The van der Waals surface area contributed by atoms with Crippen molar-refractivity contribution >= 4 is 41.9 Å². The van der Waals surface area contributed by atoms with Gasteiger partial charge in [-0.05, 0) is 82.6 Å². The van der Waals surface area contributed by atoms with Gasteiger partial charge >= 0.3 is 0 Å². The van der Waals surface area contributed by atoms with Gasteiger partial charge in [-0.25, -0.2) is 8.42 Å². The van der Waals surface area contributed by atoms with E-state index in [1.54, 1.807) is 28.6 Å². The molecule has 0 bridgehead atoms. The fraction of sp³-hybridized carbons (Fsp3) is 0.579. The van der Waals surface area contributed by atoms with E-state index in [4.69, 9.17) is 0 Å². The molecular formula is C19H26Br2N2O2S. The quantitative estimate of drug-likeness (QED) is 0.581. The molecule has 0 N–H and O–H groups in total. The van der Waals surface area contributed by atoms with Crippen molar-refractivity contribution in [3.8, 4) is 0 Å². The Labute approximate surface area is 173 Å². The van der Waals surface area contributed by atoms with Crippen molar-refractivity contribution in [3.63, 3.8) is 0 Å². The Bertz CT molecular complexity index is 712. The average Bonchev–Trinajstić information content (AvgIpc) is 2.67. The third-order valence-electron chi connectivity index (χ3n) is 5.49. The van der Waals surface area contributed by atoms with Crippen LogP contribution in [0.15, 0.2) is 44.7 Å². The van der Waals surface area contributed by atoms with Gasteiger partial charge in [0.05, 0.1) is 8.29 Å². The summed E-state index contributed by atoms with van der Waals surface area (Å²) in [5, 5.41) is 0. The number of nitrogens with zero attached hydrogens (tertiary/aromatic N) is 2. The minimum atomic E-state index is -3.36. The lowest BCUT2D eigenvalue weighted by Gasteiger charge is -2.44. The van der Waals surface area contributed by atoms with Gasteiger partial charge in [0.2, 0.25) is 10.0 Å². The van der Waals surface area contributed by atoms with Crippen LogP contribution in [-0.2, 0) is 10.0 Å². The third-order valence-corrected chi connectivity index (χ3v) is 8.05. The Hall–Kier alpha value is -0.210. The molecule has 7 heteroatoms. The van der Waals surface area contributed by atoms with Gasteiger partial charge in [-0.1, -0.05) is 30.7 Å². The van der Waals surface area contributed by atoms with Crippen LogP contribution in [0.25, 0.3) is 0 Å². The molecule has 0 saturated carbocycles. The summed E-state index contributed by atoms with van der Waals surface area (Å²) in [6, 6.07) is 9.85. The standard InChI is InChI=1S/C19H26Br2N2O2S/c20-19(21)10-9-16-6-4-5-13-23(16)17-11-14-22(15-12-17)26(24,25)18-7-2-1-3-8-18/h1-3,7-8,10,16-17H,4-6,9,11-15H2. The van der Waals surface area contributed by atoms with Crippen molar-refractivity contribution in [2.24, 2.45) is 0 Å². The molecule has 0 aliphatic carbocycles. The zero-order valence-corrected chi connectivity index (χ0v) is 18.8. The van der Waals surface area contributed by atoms with E-state index in [-0.39, 0.29) is 0 Å². The first-order valence-corrected chi connectivity index (χ1v) is 12.3. The summed E-state index contributed by atoms with van der Waals surface area (Å²) in [7, 11) is -3.36. The summed E-state index contributed by atoms with van der Waals surface area (Å²) in [4.78, 5) is 3.04. The zero-order valence-electron chi connectivity index (χ0n) is 14.9. The highest BCUT2D eigenvalue weighted by molar-refractivity contribution is 9.28. The number of likely N-dealkylation sites (tertiary alicyclic amines) is 1. The van der Waals surface area contributed by atoms with Gasteiger partial charge in [0, 0.05) is 25.2 Å². The minimum Gasteiger partial charge on any atom is -0.297 e. The first kappa shape index (κ1) is 20.5. The Morgan fingerprint density at radius 2 is 1.73 bits per heavy atom. The number of hydrogen-bond acceptors (Lipinski definition) is 3. The lowest BCUT2D eigenvalue weighted by molar-refractivity contribution is 0.0664. The van der Waals surface area contributed by atoms with Crippen molar-refractivity contribution in [2.45, 2.75) is 55.5 Å². The molecule has 2 saturated heterocycles. The lowest BCUT2D eigenvalue weighted by Crippen LogP contribution is -2.51. The molecule has 1 atom stereocenters. The summed E-state index contributed by atoms with van der Waals surface area (Å²) >= 11 is 6.91. The van der Waals surface area contributed by atoms with Crippen LogP contribution in [0.1, 0.15) is 38.5 Å². The molecule has 2 aliphatic heterocycles. The van der Waals surface area contributed by atoms with Gasteiger partial charge in [-0.15, -0.1) is 0 Å². The van der Waals surface area contributed by atoms with E-state index in [9.17, 15) is 8.42 Å². The second-order valence-corrected chi connectivity index (χ2v) is 11.8. The van der Waals surface area contributed by atoms with E-state index >= 15 is 0 Å². The number of benzene rings is 1. The second kappa shape index (κ2) is 9.32. The molecular weight excluding hydrogens is 480 g/mol. The van der Waals surface area contributed by atoms with Gasteiger partial charge in [-0.3, -0.25) is 4.90 Å². The van der Waals surface area contributed by atoms with Crippen molar-refractivity contribution in [1.82, 2.24) is 9.21 Å². The SMILES string of the molecule is O=S(=O)(c1ccccc1)N1CCC(N2CCCCC2CC=C(Br)Br)CC1. The van der Waals surface area contributed by atoms with Crippen LogP contribution in [0.3, 0.4) is 0 Å². The van der Waals surface area contributed by atoms with Crippen LogP contribution in [-0.4, -0.2) is 49.3 Å². The Morgan fingerprint density at radius 1 is 1.04 bits per heavy atom. The van der Waals surface area contributed by atoms with E-state index in [1.165, 1.54) is 19.3 Å². The summed E-state index contributed by atoms with van der Waals surface area (Å²) in [6.45, 7) is 2.36. The maximum atomic E-state index is 12.8. The molecule has 0 aromatic heterocycles. The van der Waals surface area contributed by atoms with E-state index in [2.05, 4.69) is 42.8 Å². The first-order chi connectivity index (χ1) is 12.5. The molecule has 1 unspecified atom stereocenters. The van der Waals surface area contributed by atoms with E-state index in [0.29, 0.717) is 30.1 Å². The monoisotopic (exact) mass is 504 g/mol. The summed E-state index contributed by atoms with van der Waals surface area (Å²) < 4.78 is 28.3. The zero-order chi connectivity index (χ0) is 18.6. The number of sulfonamides is 1. The molecule has 2 fully saturated rings. The van der Waals surface area contributed by atoms with Crippen LogP contribution in [0, 0.1) is 0 Å². The molecule has 2 aliphatic rings. The summed E-state index contributed by atoms with van der Waals surface area (Å²) in [6.07, 6.45) is 8.83. The topological polar surface area (TPSA) is 40.6 Å². The highest BCUT2D eigenvalue weighted by Gasteiger charge is 2.34. The Kier molecular flexibility index (Phi) is 7.36. The Morgan fingerprint density at radius 3 is 2.38 bits per heavy atom. The number of piperidine rings is 2. The smallest absolute Gasteiger partial charge is 0.243 e. The summed E-state index contributed by atoms with van der Waals surface area (Å²) in [5.41, 5.74) is 0. The van der Waals surface area contributed by atoms with Crippen LogP contribution in [0.4, 0.5) is 0 Å². The van der Waals surface area contributed by atoms with Crippen molar-refractivity contribution in [2.75, 3.05) is 19.6 Å². The molecule has 3 rings (SSSR count). The number of halogens is 2. The first-order valence-electron chi connectivity index (χ1n) is 9.30. The second-order valence-electron chi connectivity index (χ2n) is 7.07. The highest BCUT2D eigenvalue weighted by Crippen LogP contribution is 2.30. The van der Waals surface area contributed by atoms with E-state index < -0.39 is 10.0 Å². The average molecular weight is 506 g/mol.